The molecule has 0 atom stereocenters. The number of ketones is 1. The summed E-state index contributed by atoms with van der Waals surface area (Å²) in [5, 5.41) is 9.83. The maximum Gasteiger partial charge on any atom is 0.222 e. The Morgan fingerprint density at radius 1 is 1.46 bits per heavy atom. The summed E-state index contributed by atoms with van der Waals surface area (Å²) in [6, 6.07) is 6.49. The summed E-state index contributed by atoms with van der Waals surface area (Å²) in [6.07, 6.45) is 1.47. The van der Waals surface area contributed by atoms with E-state index in [9.17, 15) is 14.4 Å². The Balaban J connectivity index is 2.63. The van der Waals surface area contributed by atoms with Gasteiger partial charge in [-0.15, -0.1) is 0 Å². The van der Waals surface area contributed by atoms with Crippen molar-refractivity contribution in [3.63, 3.8) is 0 Å². The van der Waals surface area contributed by atoms with Crippen molar-refractivity contribution in [3.05, 3.63) is 41.5 Å². The van der Waals surface area contributed by atoms with Crippen LogP contribution in [0, 0.1) is 17.1 Å². The monoisotopic (exact) mass is 459 g/mol. The second-order valence-corrected chi connectivity index (χ2v) is 6.79. The lowest BCUT2D eigenvalue weighted by Gasteiger charge is -2.09. The number of carbonyl (C=O) groups is 1. The number of halogens is 2. The lowest BCUT2D eigenvalue weighted by Crippen LogP contribution is -2.16. The number of aromatic nitrogens is 1. The standard InChI is InChI=1S/C15H15FIN5OS/c1-19-20-12-6-13-9(4-11(12)16)5-14(22(13)24-17)15(23)10(7-18)8-21(2)3/h4-6,8,19-20H,1-3H3/b10-8+. The normalized spacial score (nSPS) is 11.4. The molecule has 0 saturated heterocycles. The van der Waals surface area contributed by atoms with Gasteiger partial charge < -0.3 is 10.3 Å². The van der Waals surface area contributed by atoms with Gasteiger partial charge in [-0.1, -0.05) is 0 Å². The number of hydrazine groups is 1. The summed E-state index contributed by atoms with van der Waals surface area (Å²) in [6.45, 7) is 0. The van der Waals surface area contributed by atoms with Crippen molar-refractivity contribution in [1.29, 1.82) is 5.26 Å². The molecule has 0 spiro atoms. The van der Waals surface area contributed by atoms with Crippen LogP contribution in [0.4, 0.5) is 10.1 Å². The minimum atomic E-state index is -0.434. The van der Waals surface area contributed by atoms with Gasteiger partial charge in [0.15, 0.2) is 0 Å². The highest BCUT2D eigenvalue weighted by Gasteiger charge is 2.21. The summed E-state index contributed by atoms with van der Waals surface area (Å²) in [5.41, 5.74) is 6.68. The van der Waals surface area contributed by atoms with E-state index in [-0.39, 0.29) is 11.3 Å². The maximum atomic E-state index is 14.1. The Morgan fingerprint density at radius 3 is 2.71 bits per heavy atom. The van der Waals surface area contributed by atoms with E-state index in [0.717, 1.165) is 0 Å². The first kappa shape index (κ1) is 18.6. The number of hydrogen-bond donors (Lipinski definition) is 2. The number of rotatable bonds is 6. The highest BCUT2D eigenvalue weighted by atomic mass is 127. The predicted octanol–water partition coefficient (Wildman–Crippen LogP) is 3.32. The smallest absolute Gasteiger partial charge is 0.222 e. The van der Waals surface area contributed by atoms with Crippen LogP contribution in [0.2, 0.25) is 0 Å². The van der Waals surface area contributed by atoms with Gasteiger partial charge in [-0.3, -0.25) is 8.77 Å². The predicted molar refractivity (Wildman–Crippen MR) is 103 cm³/mol. The van der Waals surface area contributed by atoms with Gasteiger partial charge in [-0.2, -0.15) is 5.26 Å². The van der Waals surface area contributed by atoms with Crippen LogP contribution in [0.25, 0.3) is 10.9 Å². The van der Waals surface area contributed by atoms with Crippen molar-refractivity contribution in [1.82, 2.24) is 14.3 Å². The third-order valence-corrected chi connectivity index (χ3v) is 4.87. The summed E-state index contributed by atoms with van der Waals surface area (Å²) in [7, 11) is 6.39. The zero-order valence-electron chi connectivity index (χ0n) is 13.2. The number of benzene rings is 1. The van der Waals surface area contributed by atoms with Crippen LogP contribution >= 0.6 is 30.3 Å². The molecule has 1 aromatic heterocycles. The minimum absolute atomic E-state index is 0.0172. The fraction of sp³-hybridized carbons (Fsp3) is 0.200. The molecule has 2 rings (SSSR count). The van der Waals surface area contributed by atoms with Crippen molar-refractivity contribution in [3.8, 4) is 6.07 Å². The molecule has 0 aliphatic rings. The molecule has 0 fully saturated rings. The van der Waals surface area contributed by atoms with Crippen molar-refractivity contribution >= 4 is 52.7 Å². The first-order valence-electron chi connectivity index (χ1n) is 6.82. The van der Waals surface area contributed by atoms with Crippen molar-refractivity contribution in [2.24, 2.45) is 0 Å². The SMILES string of the molecule is CNNc1cc2c(cc1F)cc(C(=O)/C(C#N)=C/N(C)C)n2SI. The van der Waals surface area contributed by atoms with E-state index in [1.54, 1.807) is 42.1 Å². The third kappa shape index (κ3) is 3.66. The molecule has 6 nitrogen and oxygen atoms in total. The zero-order valence-corrected chi connectivity index (χ0v) is 16.2. The van der Waals surface area contributed by atoms with Gasteiger partial charge in [-0.25, -0.2) is 9.82 Å². The Bertz CT molecular complexity index is 856. The summed E-state index contributed by atoms with van der Waals surface area (Å²) in [4.78, 5) is 14.3. The summed E-state index contributed by atoms with van der Waals surface area (Å²) >= 11 is 2.04. The van der Waals surface area contributed by atoms with Crippen LogP contribution < -0.4 is 10.9 Å². The number of fused-ring (bicyclic) bond motifs is 1. The molecule has 0 bridgehead atoms. The Kier molecular flexibility index (Phi) is 6.09. The zero-order chi connectivity index (χ0) is 17.9. The van der Waals surface area contributed by atoms with Crippen molar-refractivity contribution in [2.45, 2.75) is 0 Å². The van der Waals surface area contributed by atoms with E-state index in [0.29, 0.717) is 16.6 Å². The van der Waals surface area contributed by atoms with Gasteiger partial charge >= 0.3 is 0 Å². The van der Waals surface area contributed by atoms with Crippen LogP contribution in [0.15, 0.2) is 30.0 Å². The minimum Gasteiger partial charge on any atom is -0.382 e. The van der Waals surface area contributed by atoms with Gasteiger partial charge in [0.2, 0.25) is 5.78 Å². The van der Waals surface area contributed by atoms with E-state index < -0.39 is 11.6 Å². The van der Waals surface area contributed by atoms with Crippen molar-refractivity contribution in [2.75, 3.05) is 26.6 Å². The van der Waals surface area contributed by atoms with E-state index in [4.69, 9.17) is 0 Å². The fourth-order valence-corrected chi connectivity index (χ4v) is 3.92. The molecular formula is C15H15FIN5OS. The number of hydrogen-bond acceptors (Lipinski definition) is 6. The number of Topliss-reactive ketones (excluding diaryl/α,β-unsaturated/α-hetero) is 1. The molecule has 126 valence electrons. The molecule has 1 heterocycles. The number of nitrogens with zero attached hydrogens (tertiary/aromatic N) is 3. The summed E-state index contributed by atoms with van der Waals surface area (Å²) < 4.78 is 15.8. The molecule has 0 aliphatic carbocycles. The Morgan fingerprint density at radius 2 is 2.17 bits per heavy atom. The first-order valence-corrected chi connectivity index (χ1v) is 10.1. The molecule has 0 radical (unpaired) electrons. The highest BCUT2D eigenvalue weighted by molar-refractivity contribution is 14.2. The third-order valence-electron chi connectivity index (χ3n) is 3.16. The molecule has 0 amide bonds. The van der Waals surface area contributed by atoms with Gasteiger partial charge in [0.05, 0.1) is 11.2 Å². The van der Waals surface area contributed by atoms with E-state index in [1.807, 2.05) is 27.3 Å². The largest absolute Gasteiger partial charge is 0.382 e. The average molecular weight is 459 g/mol. The number of allylic oxidation sites excluding steroid dienone is 1. The second-order valence-electron chi connectivity index (χ2n) is 5.11. The molecule has 0 saturated carbocycles. The van der Waals surface area contributed by atoms with Crippen LogP contribution in [-0.2, 0) is 0 Å². The van der Waals surface area contributed by atoms with Crippen LogP contribution in [0.5, 0.6) is 0 Å². The summed E-state index contributed by atoms with van der Waals surface area (Å²) in [5.74, 6) is -0.842. The van der Waals surface area contributed by atoms with Crippen LogP contribution in [0.3, 0.4) is 0 Å². The Labute approximate surface area is 155 Å². The fourth-order valence-electron chi connectivity index (χ4n) is 2.20. The van der Waals surface area contributed by atoms with E-state index >= 15 is 0 Å². The quantitative estimate of drug-likeness (QED) is 0.227. The van der Waals surface area contributed by atoms with Gasteiger partial charge in [0, 0.05) is 63.1 Å². The number of carbonyl (C=O) groups excluding carboxylic acids is 1. The molecule has 24 heavy (non-hydrogen) atoms. The number of anilines is 1. The molecule has 9 heteroatoms. The average Bonchev–Trinajstić information content (AvgIpc) is 2.89. The lowest BCUT2D eigenvalue weighted by molar-refractivity contribution is 0.103. The molecule has 2 N–H and O–H groups in total. The van der Waals surface area contributed by atoms with Gasteiger partial charge in [0.1, 0.15) is 23.2 Å². The van der Waals surface area contributed by atoms with Crippen LogP contribution in [0.1, 0.15) is 10.5 Å². The molecule has 0 aliphatic heterocycles. The van der Waals surface area contributed by atoms with Crippen molar-refractivity contribution < 1.29 is 9.18 Å². The van der Waals surface area contributed by atoms with Crippen LogP contribution in [-0.4, -0.2) is 35.8 Å². The lowest BCUT2D eigenvalue weighted by atomic mass is 10.1. The molecule has 0 unspecified atom stereocenters. The topological polar surface area (TPSA) is 73.1 Å². The number of nitrogens with one attached hydrogen (secondary N) is 2. The molecular weight excluding hydrogens is 444 g/mol. The highest BCUT2D eigenvalue weighted by Crippen LogP contribution is 2.32. The second kappa shape index (κ2) is 7.87. The molecule has 2 aromatic rings. The Hall–Kier alpha value is -1.77. The molecule has 1 aromatic carbocycles. The van der Waals surface area contributed by atoms with Gasteiger partial charge in [-0.05, 0) is 18.2 Å². The van der Waals surface area contributed by atoms with Gasteiger partial charge in [0.25, 0.3) is 0 Å². The van der Waals surface area contributed by atoms with E-state index in [1.165, 1.54) is 21.4 Å². The number of nitriles is 1. The maximum absolute atomic E-state index is 14.1. The first-order chi connectivity index (χ1) is 11.4. The van der Waals surface area contributed by atoms with E-state index in [2.05, 4.69) is 10.9 Å².